The molecule has 0 amide bonds. The quantitative estimate of drug-likeness (QED) is 0.528. The second-order valence-electron chi connectivity index (χ2n) is 7.12. The molecule has 1 atom stereocenters. The third-order valence-electron chi connectivity index (χ3n) is 5.13. The molecule has 0 radical (unpaired) electrons. The number of carbonyl (C=O) groups excluding carboxylic acids is 1. The van der Waals surface area contributed by atoms with Crippen LogP contribution in [0.3, 0.4) is 0 Å². The number of benzene rings is 1. The van der Waals surface area contributed by atoms with Crippen LogP contribution in [0.25, 0.3) is 0 Å². The molecular formula is C20H26N2O2S. The van der Waals surface area contributed by atoms with Gasteiger partial charge in [0.1, 0.15) is 0 Å². The fourth-order valence-corrected chi connectivity index (χ4v) is 4.19. The lowest BCUT2D eigenvalue weighted by Gasteiger charge is -2.17. The minimum Gasteiger partial charge on any atom is -0.416 e. The average Bonchev–Trinajstić information content (AvgIpc) is 3.07. The van der Waals surface area contributed by atoms with Crippen LogP contribution in [0.4, 0.5) is 0 Å². The Hall–Kier alpha value is -1.62. The van der Waals surface area contributed by atoms with Crippen LogP contribution < -0.4 is 0 Å². The number of thioether (sulfide) groups is 1. The maximum atomic E-state index is 12.8. The number of Topliss-reactive ketones (excluding diaryl/α,β-unsaturated/α-hetero) is 1. The largest absolute Gasteiger partial charge is 0.416 e. The van der Waals surface area contributed by atoms with E-state index in [2.05, 4.69) is 23.2 Å². The number of rotatable bonds is 5. The Morgan fingerprint density at radius 3 is 2.48 bits per heavy atom. The van der Waals surface area contributed by atoms with Crippen molar-refractivity contribution in [3.8, 4) is 0 Å². The summed E-state index contributed by atoms with van der Waals surface area (Å²) in [4.78, 5) is 12.8. The van der Waals surface area contributed by atoms with E-state index in [1.807, 2.05) is 26.8 Å². The van der Waals surface area contributed by atoms with Crippen LogP contribution in [-0.4, -0.2) is 21.2 Å². The van der Waals surface area contributed by atoms with Gasteiger partial charge < -0.3 is 4.42 Å². The molecular weight excluding hydrogens is 332 g/mol. The zero-order valence-corrected chi connectivity index (χ0v) is 16.3. The summed E-state index contributed by atoms with van der Waals surface area (Å²) in [5.74, 6) is 1.25. The maximum Gasteiger partial charge on any atom is 0.277 e. The Morgan fingerprint density at radius 2 is 1.76 bits per heavy atom. The van der Waals surface area contributed by atoms with Crippen LogP contribution in [0, 0.1) is 20.8 Å². The van der Waals surface area contributed by atoms with Gasteiger partial charge in [-0.05, 0) is 63.3 Å². The minimum atomic E-state index is -0.250. The molecule has 0 bridgehead atoms. The first-order valence-electron chi connectivity index (χ1n) is 9.08. The molecule has 1 saturated carbocycles. The van der Waals surface area contributed by atoms with Crippen molar-refractivity contribution in [2.24, 2.45) is 0 Å². The van der Waals surface area contributed by atoms with Gasteiger partial charge in [-0.25, -0.2) is 0 Å². The molecule has 0 unspecified atom stereocenters. The van der Waals surface area contributed by atoms with Gasteiger partial charge in [-0.2, -0.15) is 0 Å². The van der Waals surface area contributed by atoms with Crippen molar-refractivity contribution in [1.82, 2.24) is 10.2 Å². The minimum absolute atomic E-state index is 0.114. The zero-order chi connectivity index (χ0) is 18.0. The molecule has 134 valence electrons. The standard InChI is InChI=1S/C20H26N2O2S/c1-12-10-14(3)17(11-13(12)2)18(23)15(4)25-20-22-21-19(24-20)16-8-6-5-7-9-16/h10-11,15-16H,5-9H2,1-4H3/t15-/m0/s1. The lowest BCUT2D eigenvalue weighted by Crippen LogP contribution is -2.15. The number of ketones is 1. The van der Waals surface area contributed by atoms with Gasteiger partial charge in [0.05, 0.1) is 5.25 Å². The highest BCUT2D eigenvalue weighted by Crippen LogP contribution is 2.34. The summed E-state index contributed by atoms with van der Waals surface area (Å²) in [5, 5.41) is 8.63. The number of aryl methyl sites for hydroxylation is 3. The van der Waals surface area contributed by atoms with Crippen LogP contribution >= 0.6 is 11.8 Å². The Morgan fingerprint density at radius 1 is 1.08 bits per heavy atom. The summed E-state index contributed by atoms with van der Waals surface area (Å²) in [6.07, 6.45) is 6.02. The van der Waals surface area contributed by atoms with Crippen molar-refractivity contribution in [2.45, 2.75) is 76.2 Å². The first-order valence-corrected chi connectivity index (χ1v) is 9.95. The van der Waals surface area contributed by atoms with Crippen LogP contribution in [-0.2, 0) is 0 Å². The highest BCUT2D eigenvalue weighted by molar-refractivity contribution is 8.00. The molecule has 0 aliphatic heterocycles. The predicted octanol–water partition coefficient (Wildman–Crippen LogP) is 5.41. The Kier molecular flexibility index (Phi) is 5.62. The molecule has 3 rings (SSSR count). The lowest BCUT2D eigenvalue weighted by atomic mass is 9.89. The molecule has 1 fully saturated rings. The van der Waals surface area contributed by atoms with E-state index in [1.54, 1.807) is 0 Å². The van der Waals surface area contributed by atoms with Crippen LogP contribution in [0.15, 0.2) is 21.8 Å². The predicted molar refractivity (Wildman–Crippen MR) is 100 cm³/mol. The summed E-state index contributed by atoms with van der Waals surface area (Å²) in [6.45, 7) is 8.01. The summed E-state index contributed by atoms with van der Waals surface area (Å²) in [7, 11) is 0. The van der Waals surface area contributed by atoms with E-state index in [1.165, 1.54) is 36.6 Å². The van der Waals surface area contributed by atoms with Gasteiger partial charge in [0.2, 0.25) is 5.89 Å². The maximum absolute atomic E-state index is 12.8. The molecule has 2 aromatic rings. The van der Waals surface area contributed by atoms with Crippen molar-refractivity contribution < 1.29 is 9.21 Å². The molecule has 0 N–H and O–H groups in total. The van der Waals surface area contributed by atoms with Gasteiger partial charge in [0.25, 0.3) is 5.22 Å². The lowest BCUT2D eigenvalue weighted by molar-refractivity contribution is 0.0993. The van der Waals surface area contributed by atoms with Crippen molar-refractivity contribution >= 4 is 17.5 Å². The van der Waals surface area contributed by atoms with Crippen molar-refractivity contribution in [3.63, 3.8) is 0 Å². The summed E-state index contributed by atoms with van der Waals surface area (Å²) >= 11 is 1.36. The van der Waals surface area contributed by atoms with Crippen LogP contribution in [0.2, 0.25) is 0 Å². The van der Waals surface area contributed by atoms with Gasteiger partial charge in [-0.1, -0.05) is 37.1 Å². The number of carbonyl (C=O) groups is 1. The highest BCUT2D eigenvalue weighted by atomic mass is 32.2. The van der Waals surface area contributed by atoms with E-state index in [9.17, 15) is 4.79 Å². The van der Waals surface area contributed by atoms with E-state index in [-0.39, 0.29) is 11.0 Å². The smallest absolute Gasteiger partial charge is 0.277 e. The third kappa shape index (κ3) is 4.14. The van der Waals surface area contributed by atoms with E-state index in [0.717, 1.165) is 35.4 Å². The van der Waals surface area contributed by atoms with Crippen LogP contribution in [0.5, 0.6) is 0 Å². The van der Waals surface area contributed by atoms with E-state index >= 15 is 0 Å². The zero-order valence-electron chi connectivity index (χ0n) is 15.5. The highest BCUT2D eigenvalue weighted by Gasteiger charge is 2.24. The number of hydrogen-bond acceptors (Lipinski definition) is 5. The van der Waals surface area contributed by atoms with E-state index < -0.39 is 0 Å². The molecule has 0 saturated heterocycles. The number of aromatic nitrogens is 2. The fourth-order valence-electron chi connectivity index (χ4n) is 3.43. The molecule has 25 heavy (non-hydrogen) atoms. The normalized spacial score (nSPS) is 16.8. The summed E-state index contributed by atoms with van der Waals surface area (Å²) in [5.41, 5.74) is 4.16. The van der Waals surface area contributed by atoms with Crippen molar-refractivity contribution in [2.75, 3.05) is 0 Å². The second-order valence-corrected chi connectivity index (χ2v) is 8.41. The molecule has 1 aromatic carbocycles. The molecule has 1 aromatic heterocycles. The number of nitrogens with zero attached hydrogens (tertiary/aromatic N) is 2. The Labute approximate surface area is 153 Å². The summed E-state index contributed by atoms with van der Waals surface area (Å²) in [6, 6.07) is 4.07. The third-order valence-corrected chi connectivity index (χ3v) is 6.06. The second kappa shape index (κ2) is 7.73. The molecule has 0 spiro atoms. The van der Waals surface area contributed by atoms with Gasteiger partial charge in [0, 0.05) is 11.5 Å². The Bertz CT molecular complexity index is 763. The summed E-state index contributed by atoms with van der Waals surface area (Å²) < 4.78 is 5.84. The van der Waals surface area contributed by atoms with Gasteiger partial charge in [-0.15, -0.1) is 10.2 Å². The van der Waals surface area contributed by atoms with Gasteiger partial charge in [-0.3, -0.25) is 4.79 Å². The van der Waals surface area contributed by atoms with Crippen molar-refractivity contribution in [1.29, 1.82) is 0 Å². The molecule has 5 heteroatoms. The monoisotopic (exact) mass is 358 g/mol. The van der Waals surface area contributed by atoms with Gasteiger partial charge >= 0.3 is 0 Å². The first kappa shape index (κ1) is 18.2. The van der Waals surface area contributed by atoms with Gasteiger partial charge in [0.15, 0.2) is 5.78 Å². The molecule has 1 aliphatic rings. The first-order chi connectivity index (χ1) is 12.0. The Balaban J connectivity index is 1.69. The average molecular weight is 359 g/mol. The number of hydrogen-bond donors (Lipinski definition) is 0. The van der Waals surface area contributed by atoms with E-state index in [4.69, 9.17) is 4.42 Å². The fraction of sp³-hybridized carbons (Fsp3) is 0.550. The SMILES string of the molecule is Cc1cc(C)c(C(=O)[C@H](C)Sc2nnc(C3CCCCC3)o2)cc1C. The van der Waals surface area contributed by atoms with Crippen molar-refractivity contribution in [3.05, 3.63) is 40.3 Å². The van der Waals surface area contributed by atoms with Crippen LogP contribution in [0.1, 0.15) is 77.9 Å². The topological polar surface area (TPSA) is 56.0 Å². The molecule has 4 nitrogen and oxygen atoms in total. The van der Waals surface area contributed by atoms with E-state index in [0.29, 0.717) is 11.1 Å². The molecule has 1 heterocycles. The molecule has 1 aliphatic carbocycles.